The molecule has 1 aliphatic heterocycles. The predicted molar refractivity (Wildman–Crippen MR) is 162 cm³/mol. The Morgan fingerprint density at radius 2 is 1.84 bits per heavy atom. The Kier molecular flexibility index (Phi) is 7.02. The van der Waals surface area contributed by atoms with Crippen LogP contribution in [0.4, 0.5) is 0 Å². The second kappa shape index (κ2) is 11.1. The number of benzene rings is 3. The van der Waals surface area contributed by atoms with Gasteiger partial charge in [-0.25, -0.2) is 9.48 Å². The molecule has 3 atom stereocenters. The zero-order chi connectivity index (χ0) is 29.5. The number of carbonyl (C=O) groups is 1. The van der Waals surface area contributed by atoms with Crippen molar-refractivity contribution in [3.63, 3.8) is 0 Å². The second-order valence-electron chi connectivity index (χ2n) is 11.6. The van der Waals surface area contributed by atoms with E-state index in [1.807, 2.05) is 31.4 Å². The standard InChI is InChI=1S/C34H34N6O3/c1-3-26-21-43-32-13-5-4-9-25(32)19-39(26)18-22-8-6-10-23(14-22)24-11-7-12-27(15-24)40-33(30(17-35-40)34(41)42)29-16-28(29)31-20-38(2)37-36-31/h4-15,17,20,26,28-29H,3,16,18-19,21H2,1-2H3,(H,41,42)/t26?,28-,29-/m0/s1. The van der Waals surface area contributed by atoms with E-state index in [1.54, 1.807) is 9.36 Å². The number of carboxylic acid groups (broad SMARTS) is 1. The van der Waals surface area contributed by atoms with Crippen LogP contribution >= 0.6 is 0 Å². The van der Waals surface area contributed by atoms with Gasteiger partial charge in [0.25, 0.3) is 0 Å². The number of rotatable bonds is 8. The zero-order valence-electron chi connectivity index (χ0n) is 24.3. The van der Waals surface area contributed by atoms with E-state index in [0.717, 1.165) is 54.2 Å². The lowest BCUT2D eigenvalue weighted by molar-refractivity contribution is 0.0695. The molecule has 1 fully saturated rings. The van der Waals surface area contributed by atoms with Crippen molar-refractivity contribution in [2.75, 3.05) is 6.61 Å². The van der Waals surface area contributed by atoms with Crippen molar-refractivity contribution in [1.82, 2.24) is 29.7 Å². The highest BCUT2D eigenvalue weighted by atomic mass is 16.5. The molecule has 1 saturated carbocycles. The van der Waals surface area contributed by atoms with Gasteiger partial charge in [0.1, 0.15) is 17.9 Å². The number of aryl methyl sites for hydroxylation is 1. The molecule has 1 aliphatic carbocycles. The smallest absolute Gasteiger partial charge is 0.339 e. The fraction of sp³-hybridized carbons (Fsp3) is 0.294. The van der Waals surface area contributed by atoms with E-state index in [4.69, 9.17) is 4.74 Å². The largest absolute Gasteiger partial charge is 0.492 e. The van der Waals surface area contributed by atoms with E-state index in [9.17, 15) is 9.90 Å². The number of aromatic nitrogens is 5. The summed E-state index contributed by atoms with van der Waals surface area (Å²) in [6.07, 6.45) is 5.19. The summed E-state index contributed by atoms with van der Waals surface area (Å²) in [4.78, 5) is 14.7. The molecule has 2 aliphatic rings. The van der Waals surface area contributed by atoms with Crippen LogP contribution < -0.4 is 4.74 Å². The third-order valence-corrected chi connectivity index (χ3v) is 8.68. The summed E-state index contributed by atoms with van der Waals surface area (Å²) in [6.45, 7) is 4.56. The Hall–Kier alpha value is -4.76. The first-order chi connectivity index (χ1) is 21.0. The highest BCUT2D eigenvalue weighted by Crippen LogP contribution is 2.55. The summed E-state index contributed by atoms with van der Waals surface area (Å²) in [5.74, 6) is 0.158. The maximum absolute atomic E-state index is 12.2. The highest BCUT2D eigenvalue weighted by Gasteiger charge is 2.46. The summed E-state index contributed by atoms with van der Waals surface area (Å²) < 4.78 is 9.62. The molecule has 43 heavy (non-hydrogen) atoms. The monoisotopic (exact) mass is 574 g/mol. The van der Waals surface area contributed by atoms with E-state index in [2.05, 4.69) is 81.8 Å². The van der Waals surface area contributed by atoms with Gasteiger partial charge in [0.15, 0.2) is 0 Å². The summed E-state index contributed by atoms with van der Waals surface area (Å²) in [7, 11) is 1.84. The maximum atomic E-state index is 12.2. The van der Waals surface area contributed by atoms with Crippen LogP contribution in [0.1, 0.15) is 64.5 Å². The van der Waals surface area contributed by atoms with Gasteiger partial charge >= 0.3 is 5.97 Å². The fourth-order valence-corrected chi connectivity index (χ4v) is 6.32. The molecule has 7 rings (SSSR count). The molecular weight excluding hydrogens is 540 g/mol. The van der Waals surface area contributed by atoms with E-state index in [0.29, 0.717) is 18.3 Å². The average molecular weight is 575 g/mol. The molecular formula is C34H34N6O3. The minimum Gasteiger partial charge on any atom is -0.492 e. The van der Waals surface area contributed by atoms with Crippen molar-refractivity contribution in [1.29, 1.82) is 0 Å². The van der Waals surface area contributed by atoms with Crippen LogP contribution in [-0.4, -0.2) is 53.4 Å². The third-order valence-electron chi connectivity index (χ3n) is 8.68. The molecule has 3 heterocycles. The molecule has 218 valence electrons. The van der Waals surface area contributed by atoms with Gasteiger partial charge in [-0.2, -0.15) is 5.10 Å². The van der Waals surface area contributed by atoms with Crippen LogP contribution in [-0.2, 0) is 20.1 Å². The molecule has 9 heteroatoms. The van der Waals surface area contributed by atoms with Gasteiger partial charge < -0.3 is 9.84 Å². The molecule has 3 aromatic carbocycles. The summed E-state index contributed by atoms with van der Waals surface area (Å²) in [6, 6.07) is 25.5. The van der Waals surface area contributed by atoms with Gasteiger partial charge in [0.05, 0.1) is 23.3 Å². The molecule has 2 aromatic heterocycles. The average Bonchev–Trinajstić information content (AvgIpc) is 3.54. The van der Waals surface area contributed by atoms with Crippen LogP contribution in [0.15, 0.2) is 85.2 Å². The number of aromatic carboxylic acids is 1. The van der Waals surface area contributed by atoms with Crippen LogP contribution in [0.5, 0.6) is 5.75 Å². The Bertz CT molecular complexity index is 1790. The Morgan fingerprint density at radius 3 is 2.63 bits per heavy atom. The quantitative estimate of drug-likeness (QED) is 0.250. The second-order valence-corrected chi connectivity index (χ2v) is 11.6. The van der Waals surface area contributed by atoms with Gasteiger partial charge in [-0.3, -0.25) is 9.58 Å². The first-order valence-electron chi connectivity index (χ1n) is 14.8. The van der Waals surface area contributed by atoms with Crippen molar-refractivity contribution >= 4 is 5.97 Å². The fourth-order valence-electron chi connectivity index (χ4n) is 6.32. The maximum Gasteiger partial charge on any atom is 0.339 e. The van der Waals surface area contributed by atoms with Crippen molar-refractivity contribution < 1.29 is 14.6 Å². The van der Waals surface area contributed by atoms with E-state index < -0.39 is 5.97 Å². The Balaban J connectivity index is 1.17. The van der Waals surface area contributed by atoms with Crippen molar-refractivity contribution in [3.05, 3.63) is 113 Å². The Labute approximate surface area is 250 Å². The lowest BCUT2D eigenvalue weighted by atomic mass is 10.0. The minimum absolute atomic E-state index is 0.0199. The number of carboxylic acids is 1. The zero-order valence-corrected chi connectivity index (χ0v) is 24.3. The number of hydrogen-bond acceptors (Lipinski definition) is 6. The summed E-state index contributed by atoms with van der Waals surface area (Å²) in [5, 5.41) is 22.9. The number of para-hydroxylation sites is 1. The summed E-state index contributed by atoms with van der Waals surface area (Å²) in [5.41, 5.74) is 7.27. The van der Waals surface area contributed by atoms with Crippen molar-refractivity contribution in [2.24, 2.45) is 7.05 Å². The molecule has 0 bridgehead atoms. The number of fused-ring (bicyclic) bond motifs is 1. The molecule has 0 spiro atoms. The highest BCUT2D eigenvalue weighted by molar-refractivity contribution is 5.89. The van der Waals surface area contributed by atoms with E-state index in [1.165, 1.54) is 17.3 Å². The number of hydrogen-bond donors (Lipinski definition) is 1. The van der Waals surface area contributed by atoms with Crippen molar-refractivity contribution in [3.8, 4) is 22.6 Å². The normalized spacial score (nSPS) is 19.8. The molecule has 0 saturated heterocycles. The molecule has 1 N–H and O–H groups in total. The lowest BCUT2D eigenvalue weighted by Gasteiger charge is -2.28. The van der Waals surface area contributed by atoms with Gasteiger partial charge in [0, 0.05) is 49.8 Å². The van der Waals surface area contributed by atoms with Gasteiger partial charge in [-0.05, 0) is 53.8 Å². The first kappa shape index (κ1) is 27.1. The van der Waals surface area contributed by atoms with Crippen LogP contribution in [0, 0.1) is 0 Å². The van der Waals surface area contributed by atoms with Crippen LogP contribution in [0.3, 0.4) is 0 Å². The van der Waals surface area contributed by atoms with E-state index >= 15 is 0 Å². The first-order valence-corrected chi connectivity index (χ1v) is 14.8. The minimum atomic E-state index is -0.971. The number of nitrogens with zero attached hydrogens (tertiary/aromatic N) is 6. The van der Waals surface area contributed by atoms with E-state index in [-0.39, 0.29) is 17.4 Å². The van der Waals surface area contributed by atoms with Gasteiger partial charge in [-0.15, -0.1) is 5.10 Å². The number of ether oxygens (including phenoxy) is 1. The Morgan fingerprint density at radius 1 is 1.02 bits per heavy atom. The van der Waals surface area contributed by atoms with Crippen LogP contribution in [0.25, 0.3) is 16.8 Å². The lowest BCUT2D eigenvalue weighted by Crippen LogP contribution is -2.36. The van der Waals surface area contributed by atoms with Gasteiger partial charge in [-0.1, -0.05) is 60.7 Å². The van der Waals surface area contributed by atoms with Crippen LogP contribution in [0.2, 0.25) is 0 Å². The molecule has 5 aromatic rings. The molecule has 9 nitrogen and oxygen atoms in total. The topological polar surface area (TPSA) is 98.3 Å². The molecule has 0 amide bonds. The molecule has 1 unspecified atom stereocenters. The van der Waals surface area contributed by atoms with Gasteiger partial charge in [0.2, 0.25) is 0 Å². The third kappa shape index (κ3) is 5.32. The predicted octanol–water partition coefficient (Wildman–Crippen LogP) is 5.81. The van der Waals surface area contributed by atoms with Crippen molar-refractivity contribution in [2.45, 2.75) is 50.7 Å². The SMILES string of the molecule is CCC1COc2ccccc2CN1Cc1cccc(-c2cccc(-n3ncc(C(=O)O)c3[C@H]3C[C@@H]3c3cn(C)nn3)c2)c1. The molecule has 0 radical (unpaired) electrons. The summed E-state index contributed by atoms with van der Waals surface area (Å²) >= 11 is 0.